The maximum absolute atomic E-state index is 11.9. The number of carbonyl (C=O) groups is 1. The van der Waals surface area contributed by atoms with E-state index in [0.29, 0.717) is 49.4 Å². The minimum atomic E-state index is -0.113. The van der Waals surface area contributed by atoms with Crippen LogP contribution in [0.2, 0.25) is 5.02 Å². The molecular formula is C20H18ClN3O3S. The van der Waals surface area contributed by atoms with Crippen LogP contribution in [0, 0.1) is 12.8 Å². The van der Waals surface area contributed by atoms with E-state index in [2.05, 4.69) is 10.3 Å². The Hall–Kier alpha value is -2.64. The number of aryl methyl sites for hydroxylation is 1. The SMILES string of the molecule is COc1ccc2oc3c(C)cc(-c4csc(NC(=O)C(C)C)n4)nc3c2c1Cl. The molecule has 1 aromatic carbocycles. The molecule has 0 aliphatic rings. The fourth-order valence-corrected chi connectivity index (χ4v) is 3.93. The van der Waals surface area contributed by atoms with Crippen LogP contribution in [-0.4, -0.2) is 23.0 Å². The van der Waals surface area contributed by atoms with Crippen LogP contribution in [0.15, 0.2) is 28.0 Å². The predicted molar refractivity (Wildman–Crippen MR) is 112 cm³/mol. The summed E-state index contributed by atoms with van der Waals surface area (Å²) in [6.07, 6.45) is 0. The van der Waals surface area contributed by atoms with Crippen LogP contribution in [0.4, 0.5) is 5.13 Å². The van der Waals surface area contributed by atoms with Gasteiger partial charge in [0.1, 0.15) is 22.5 Å². The highest BCUT2D eigenvalue weighted by Gasteiger charge is 2.19. The molecule has 6 nitrogen and oxygen atoms in total. The number of aromatic nitrogens is 2. The highest BCUT2D eigenvalue weighted by atomic mass is 35.5. The molecule has 0 fully saturated rings. The van der Waals surface area contributed by atoms with Gasteiger partial charge in [-0.15, -0.1) is 11.3 Å². The van der Waals surface area contributed by atoms with Gasteiger partial charge in [0.25, 0.3) is 0 Å². The molecular weight excluding hydrogens is 398 g/mol. The molecule has 0 aliphatic heterocycles. The van der Waals surface area contributed by atoms with Crippen molar-refractivity contribution in [3.63, 3.8) is 0 Å². The van der Waals surface area contributed by atoms with Crippen molar-refractivity contribution in [3.8, 4) is 17.1 Å². The average Bonchev–Trinajstić information content (AvgIpc) is 3.27. The van der Waals surface area contributed by atoms with E-state index in [1.54, 1.807) is 13.2 Å². The number of hydrogen-bond donors (Lipinski definition) is 1. The molecule has 144 valence electrons. The number of anilines is 1. The van der Waals surface area contributed by atoms with E-state index in [1.807, 2.05) is 38.3 Å². The lowest BCUT2D eigenvalue weighted by atomic mass is 10.1. The van der Waals surface area contributed by atoms with Gasteiger partial charge in [-0.1, -0.05) is 25.4 Å². The largest absolute Gasteiger partial charge is 0.495 e. The second kappa shape index (κ2) is 7.07. The molecule has 1 N–H and O–H groups in total. The third-order valence-electron chi connectivity index (χ3n) is 4.42. The Bertz CT molecular complexity index is 1210. The number of nitrogens with zero attached hydrogens (tertiary/aromatic N) is 2. The summed E-state index contributed by atoms with van der Waals surface area (Å²) in [5, 5.41) is 6.41. The Morgan fingerprint density at radius 1 is 1.29 bits per heavy atom. The van der Waals surface area contributed by atoms with Gasteiger partial charge in [-0.25, -0.2) is 9.97 Å². The van der Waals surface area contributed by atoms with Gasteiger partial charge in [0.2, 0.25) is 5.91 Å². The normalized spacial score (nSPS) is 11.5. The van der Waals surface area contributed by atoms with Crippen molar-refractivity contribution >= 4 is 56.0 Å². The molecule has 4 rings (SSSR count). The van der Waals surface area contributed by atoms with E-state index in [0.717, 1.165) is 5.56 Å². The summed E-state index contributed by atoms with van der Waals surface area (Å²) in [6.45, 7) is 5.63. The summed E-state index contributed by atoms with van der Waals surface area (Å²) >= 11 is 7.88. The van der Waals surface area contributed by atoms with Crippen LogP contribution in [0.1, 0.15) is 19.4 Å². The number of carbonyl (C=O) groups excluding carboxylic acids is 1. The maximum Gasteiger partial charge on any atom is 0.228 e. The number of hydrogen-bond acceptors (Lipinski definition) is 6. The highest BCUT2D eigenvalue weighted by Crippen LogP contribution is 2.40. The number of furan rings is 1. The molecule has 0 bridgehead atoms. The standard InChI is InChI=1S/C20H18ClN3O3S/c1-9(2)19(25)24-20-23-12(8-28-20)11-7-10(3)18-17(22-11)15-13(27-18)5-6-14(26-4)16(15)21/h5-9H,1-4H3,(H,23,24,25). The van der Waals surface area contributed by atoms with E-state index in [-0.39, 0.29) is 11.8 Å². The summed E-state index contributed by atoms with van der Waals surface area (Å²) in [5.74, 6) is 0.382. The summed E-state index contributed by atoms with van der Waals surface area (Å²) in [5.41, 5.74) is 4.28. The van der Waals surface area contributed by atoms with Gasteiger partial charge < -0.3 is 14.5 Å². The first-order valence-corrected chi connectivity index (χ1v) is 9.98. The predicted octanol–water partition coefficient (Wildman–Crippen LogP) is 5.67. The van der Waals surface area contributed by atoms with Crippen molar-refractivity contribution < 1.29 is 13.9 Å². The van der Waals surface area contributed by atoms with Crippen LogP contribution >= 0.6 is 22.9 Å². The second-order valence-corrected chi connectivity index (χ2v) is 7.98. The van der Waals surface area contributed by atoms with Gasteiger partial charge in [-0.2, -0.15) is 0 Å². The summed E-state index contributed by atoms with van der Waals surface area (Å²) in [4.78, 5) is 21.2. The Labute approximate surface area is 170 Å². The Kier molecular flexibility index (Phi) is 4.72. The molecule has 3 heterocycles. The highest BCUT2D eigenvalue weighted by molar-refractivity contribution is 7.14. The smallest absolute Gasteiger partial charge is 0.228 e. The van der Waals surface area contributed by atoms with Crippen molar-refractivity contribution in [2.45, 2.75) is 20.8 Å². The van der Waals surface area contributed by atoms with Crippen molar-refractivity contribution in [3.05, 3.63) is 34.2 Å². The molecule has 0 saturated carbocycles. The molecule has 0 saturated heterocycles. The average molecular weight is 416 g/mol. The maximum atomic E-state index is 11.9. The zero-order chi connectivity index (χ0) is 20.0. The lowest BCUT2D eigenvalue weighted by Crippen LogP contribution is -2.17. The Morgan fingerprint density at radius 2 is 2.07 bits per heavy atom. The van der Waals surface area contributed by atoms with Crippen molar-refractivity contribution in [2.75, 3.05) is 12.4 Å². The lowest BCUT2D eigenvalue weighted by molar-refractivity contribution is -0.118. The van der Waals surface area contributed by atoms with E-state index in [4.69, 9.17) is 25.7 Å². The summed E-state index contributed by atoms with van der Waals surface area (Å²) in [7, 11) is 1.57. The van der Waals surface area contributed by atoms with Gasteiger partial charge in [-0.05, 0) is 30.7 Å². The zero-order valence-corrected chi connectivity index (χ0v) is 17.4. The number of nitrogens with one attached hydrogen (secondary N) is 1. The molecule has 0 atom stereocenters. The topological polar surface area (TPSA) is 77.2 Å². The van der Waals surface area contributed by atoms with Crippen LogP contribution in [0.3, 0.4) is 0 Å². The molecule has 8 heteroatoms. The first-order chi connectivity index (χ1) is 13.4. The van der Waals surface area contributed by atoms with E-state index >= 15 is 0 Å². The van der Waals surface area contributed by atoms with Crippen LogP contribution in [0.5, 0.6) is 5.75 Å². The van der Waals surface area contributed by atoms with Crippen molar-refractivity contribution in [1.29, 1.82) is 0 Å². The molecule has 0 radical (unpaired) electrons. The second-order valence-electron chi connectivity index (χ2n) is 6.74. The molecule has 28 heavy (non-hydrogen) atoms. The van der Waals surface area contributed by atoms with E-state index < -0.39 is 0 Å². The number of halogens is 1. The van der Waals surface area contributed by atoms with Gasteiger partial charge in [0.15, 0.2) is 10.7 Å². The third-order valence-corrected chi connectivity index (χ3v) is 5.55. The minimum absolute atomic E-state index is 0.0693. The van der Waals surface area contributed by atoms with Crippen LogP contribution in [-0.2, 0) is 4.79 Å². The monoisotopic (exact) mass is 415 g/mol. The fraction of sp³-hybridized carbons (Fsp3) is 0.250. The molecule has 0 spiro atoms. The lowest BCUT2D eigenvalue weighted by Gasteiger charge is -2.04. The number of fused-ring (bicyclic) bond motifs is 3. The number of methoxy groups -OCH3 is 1. The number of amides is 1. The number of pyridine rings is 1. The first-order valence-electron chi connectivity index (χ1n) is 8.72. The number of ether oxygens (including phenoxy) is 1. The summed E-state index contributed by atoms with van der Waals surface area (Å²) in [6, 6.07) is 5.51. The molecule has 0 aliphatic carbocycles. The first kappa shape index (κ1) is 18.7. The molecule has 0 unspecified atom stereocenters. The van der Waals surface area contributed by atoms with Gasteiger partial charge in [0, 0.05) is 11.3 Å². The van der Waals surface area contributed by atoms with Gasteiger partial charge in [0.05, 0.1) is 23.2 Å². The minimum Gasteiger partial charge on any atom is -0.495 e. The van der Waals surface area contributed by atoms with Crippen molar-refractivity contribution in [2.24, 2.45) is 5.92 Å². The van der Waals surface area contributed by atoms with Gasteiger partial charge in [-0.3, -0.25) is 4.79 Å². The Morgan fingerprint density at radius 3 is 2.79 bits per heavy atom. The van der Waals surface area contributed by atoms with Crippen molar-refractivity contribution in [1.82, 2.24) is 9.97 Å². The molecule has 1 amide bonds. The molecule has 3 aromatic heterocycles. The summed E-state index contributed by atoms with van der Waals surface area (Å²) < 4.78 is 11.3. The number of rotatable bonds is 4. The van der Waals surface area contributed by atoms with Crippen LogP contribution < -0.4 is 10.1 Å². The number of benzene rings is 1. The Balaban J connectivity index is 1.84. The third kappa shape index (κ3) is 3.10. The zero-order valence-electron chi connectivity index (χ0n) is 15.8. The van der Waals surface area contributed by atoms with E-state index in [1.165, 1.54) is 11.3 Å². The quantitative estimate of drug-likeness (QED) is 0.464. The van der Waals surface area contributed by atoms with Gasteiger partial charge >= 0.3 is 0 Å². The van der Waals surface area contributed by atoms with Crippen LogP contribution in [0.25, 0.3) is 33.5 Å². The molecule has 4 aromatic rings. The fourth-order valence-electron chi connectivity index (χ4n) is 2.90. The van der Waals surface area contributed by atoms with E-state index in [9.17, 15) is 4.79 Å². The number of thiazole rings is 1.